The zero-order chi connectivity index (χ0) is 11.6. The largest absolute Gasteiger partial charge is 0.493 e. The van der Waals surface area contributed by atoms with E-state index < -0.39 is 5.91 Å². The number of nitrogen functional groups attached to an aromatic ring is 1. The number of carbonyl (C=O) groups is 1. The Morgan fingerprint density at radius 3 is 2.40 bits per heavy atom. The molecule has 0 aliphatic rings. The maximum absolute atomic E-state index is 11.1. The number of anilines is 1. The molecule has 0 heterocycles. The summed E-state index contributed by atoms with van der Waals surface area (Å²) in [5.74, 6) is 0.210. The second-order valence-electron chi connectivity index (χ2n) is 2.75. The number of hydrogen-bond donors (Lipinski definition) is 2. The summed E-state index contributed by atoms with van der Waals surface area (Å²) >= 11 is 3.21. The molecular weight excluding hydrogens is 264 g/mol. The van der Waals surface area contributed by atoms with E-state index in [2.05, 4.69) is 15.9 Å². The lowest BCUT2D eigenvalue weighted by Gasteiger charge is -2.13. The van der Waals surface area contributed by atoms with E-state index in [4.69, 9.17) is 20.9 Å². The third-order valence-corrected chi connectivity index (χ3v) is 2.70. The molecule has 1 amide bonds. The molecule has 15 heavy (non-hydrogen) atoms. The molecule has 1 aromatic rings. The normalized spacial score (nSPS) is 9.80. The third kappa shape index (κ3) is 1.99. The molecule has 0 atom stereocenters. The Bertz CT molecular complexity index is 407. The van der Waals surface area contributed by atoms with E-state index in [1.165, 1.54) is 20.3 Å². The Balaban J connectivity index is 3.49. The Morgan fingerprint density at radius 2 is 2.00 bits per heavy atom. The van der Waals surface area contributed by atoms with Crippen molar-refractivity contribution in [1.29, 1.82) is 0 Å². The molecule has 0 radical (unpaired) electrons. The fraction of sp³-hybridized carbons (Fsp3) is 0.222. The molecule has 1 aromatic carbocycles. The molecule has 1 rings (SSSR count). The van der Waals surface area contributed by atoms with Crippen LogP contribution in [-0.4, -0.2) is 20.1 Å². The lowest BCUT2D eigenvalue weighted by molar-refractivity contribution is 0.100. The van der Waals surface area contributed by atoms with Crippen molar-refractivity contribution >= 4 is 27.5 Å². The van der Waals surface area contributed by atoms with E-state index >= 15 is 0 Å². The highest BCUT2D eigenvalue weighted by molar-refractivity contribution is 9.10. The predicted molar refractivity (Wildman–Crippen MR) is 60.2 cm³/mol. The monoisotopic (exact) mass is 274 g/mol. The number of hydrogen-bond acceptors (Lipinski definition) is 4. The number of nitrogens with two attached hydrogens (primary N) is 2. The van der Waals surface area contributed by atoms with Gasteiger partial charge in [-0.05, 0) is 22.0 Å². The number of methoxy groups -OCH3 is 2. The van der Waals surface area contributed by atoms with Crippen LogP contribution in [0.3, 0.4) is 0 Å². The summed E-state index contributed by atoms with van der Waals surface area (Å²) < 4.78 is 10.6. The molecule has 0 aliphatic heterocycles. The van der Waals surface area contributed by atoms with Crippen molar-refractivity contribution in [2.24, 2.45) is 5.73 Å². The fourth-order valence-electron chi connectivity index (χ4n) is 1.17. The van der Waals surface area contributed by atoms with E-state index in [-0.39, 0.29) is 11.3 Å². The molecule has 0 bridgehead atoms. The number of benzene rings is 1. The second-order valence-corrected chi connectivity index (χ2v) is 3.54. The van der Waals surface area contributed by atoms with Gasteiger partial charge in [-0.1, -0.05) is 0 Å². The van der Waals surface area contributed by atoms with E-state index in [9.17, 15) is 4.79 Å². The summed E-state index contributed by atoms with van der Waals surface area (Å²) in [4.78, 5) is 11.1. The van der Waals surface area contributed by atoms with Crippen LogP contribution < -0.4 is 20.9 Å². The molecule has 0 spiro atoms. The van der Waals surface area contributed by atoms with Crippen molar-refractivity contribution < 1.29 is 14.3 Å². The van der Waals surface area contributed by atoms with E-state index in [1.807, 2.05) is 0 Å². The van der Waals surface area contributed by atoms with Gasteiger partial charge in [0.15, 0.2) is 11.5 Å². The van der Waals surface area contributed by atoms with Gasteiger partial charge < -0.3 is 20.9 Å². The average Bonchev–Trinajstić information content (AvgIpc) is 2.21. The Kier molecular flexibility index (Phi) is 3.41. The van der Waals surface area contributed by atoms with Gasteiger partial charge >= 0.3 is 0 Å². The van der Waals surface area contributed by atoms with Gasteiger partial charge in [-0.2, -0.15) is 0 Å². The first-order valence-corrected chi connectivity index (χ1v) is 4.82. The molecule has 0 unspecified atom stereocenters. The smallest absolute Gasteiger partial charge is 0.250 e. The summed E-state index contributed by atoms with van der Waals surface area (Å²) in [6, 6.07) is 1.45. The van der Waals surface area contributed by atoms with Gasteiger partial charge in [-0.25, -0.2) is 0 Å². The summed E-state index contributed by atoms with van der Waals surface area (Å²) in [5.41, 5.74) is 11.3. The SMILES string of the molecule is COc1cc(C(N)=O)c(N)c(Br)c1OC. The predicted octanol–water partition coefficient (Wildman–Crippen LogP) is 1.15. The van der Waals surface area contributed by atoms with Crippen molar-refractivity contribution in [2.45, 2.75) is 0 Å². The van der Waals surface area contributed by atoms with Crippen LogP contribution in [0.2, 0.25) is 0 Å². The Morgan fingerprint density at radius 1 is 1.40 bits per heavy atom. The molecule has 0 fully saturated rings. The zero-order valence-electron chi connectivity index (χ0n) is 8.33. The lowest BCUT2D eigenvalue weighted by atomic mass is 10.1. The van der Waals surface area contributed by atoms with Gasteiger partial charge in [0.25, 0.3) is 5.91 Å². The Labute approximate surface area is 95.5 Å². The maximum Gasteiger partial charge on any atom is 0.250 e. The van der Waals surface area contributed by atoms with Gasteiger partial charge in [0.2, 0.25) is 0 Å². The highest BCUT2D eigenvalue weighted by Crippen LogP contribution is 2.41. The number of amides is 1. The number of halogens is 1. The quantitative estimate of drug-likeness (QED) is 0.810. The van der Waals surface area contributed by atoms with E-state index in [0.717, 1.165) is 0 Å². The summed E-state index contributed by atoms with van der Waals surface area (Å²) in [7, 11) is 2.94. The van der Waals surface area contributed by atoms with Crippen LogP contribution in [-0.2, 0) is 0 Å². The summed E-state index contributed by atoms with van der Waals surface area (Å²) in [6.07, 6.45) is 0. The van der Waals surface area contributed by atoms with Crippen LogP contribution in [0, 0.1) is 0 Å². The summed E-state index contributed by atoms with van der Waals surface area (Å²) in [6.45, 7) is 0. The van der Waals surface area contributed by atoms with E-state index in [1.54, 1.807) is 0 Å². The minimum Gasteiger partial charge on any atom is -0.493 e. The minimum absolute atomic E-state index is 0.194. The minimum atomic E-state index is -0.617. The summed E-state index contributed by atoms with van der Waals surface area (Å²) in [5, 5.41) is 0. The highest BCUT2D eigenvalue weighted by Gasteiger charge is 2.18. The van der Waals surface area contributed by atoms with Crippen molar-refractivity contribution in [2.75, 3.05) is 20.0 Å². The van der Waals surface area contributed by atoms with Gasteiger partial charge in [0, 0.05) is 0 Å². The molecule has 6 heteroatoms. The van der Waals surface area contributed by atoms with Crippen molar-refractivity contribution in [3.8, 4) is 11.5 Å². The fourth-order valence-corrected chi connectivity index (χ4v) is 1.74. The van der Waals surface area contributed by atoms with Crippen LogP contribution >= 0.6 is 15.9 Å². The molecule has 0 aromatic heterocycles. The van der Waals surface area contributed by atoms with Crippen LogP contribution in [0.1, 0.15) is 10.4 Å². The number of rotatable bonds is 3. The molecule has 4 N–H and O–H groups in total. The average molecular weight is 275 g/mol. The first-order valence-electron chi connectivity index (χ1n) is 4.02. The van der Waals surface area contributed by atoms with Crippen molar-refractivity contribution in [3.63, 3.8) is 0 Å². The van der Waals surface area contributed by atoms with Crippen LogP contribution in [0.15, 0.2) is 10.5 Å². The Hall–Kier alpha value is -1.43. The lowest BCUT2D eigenvalue weighted by Crippen LogP contribution is -2.14. The molecule has 0 saturated heterocycles. The maximum atomic E-state index is 11.1. The molecule has 0 saturated carbocycles. The van der Waals surface area contributed by atoms with E-state index in [0.29, 0.717) is 16.0 Å². The highest BCUT2D eigenvalue weighted by atomic mass is 79.9. The van der Waals surface area contributed by atoms with Crippen LogP contribution in [0.4, 0.5) is 5.69 Å². The third-order valence-electron chi connectivity index (χ3n) is 1.91. The molecule has 5 nitrogen and oxygen atoms in total. The standard InChI is InChI=1S/C9H11BrN2O3/c1-14-5-3-4(9(12)13)7(11)6(10)8(5)15-2/h3H,11H2,1-2H3,(H2,12,13). The number of primary amides is 1. The number of carbonyl (C=O) groups excluding carboxylic acids is 1. The van der Waals surface area contributed by atoms with Crippen molar-refractivity contribution in [1.82, 2.24) is 0 Å². The van der Waals surface area contributed by atoms with Gasteiger partial charge in [0.05, 0.1) is 29.9 Å². The first kappa shape index (κ1) is 11.6. The molecule has 82 valence electrons. The number of ether oxygens (including phenoxy) is 2. The molecule has 0 aliphatic carbocycles. The van der Waals surface area contributed by atoms with Crippen molar-refractivity contribution in [3.05, 3.63) is 16.1 Å². The van der Waals surface area contributed by atoms with Crippen LogP contribution in [0.5, 0.6) is 11.5 Å². The topological polar surface area (TPSA) is 87.6 Å². The molecular formula is C9H11BrN2O3. The first-order chi connectivity index (χ1) is 7.02. The second kappa shape index (κ2) is 4.39. The van der Waals surface area contributed by atoms with Gasteiger partial charge in [0.1, 0.15) is 0 Å². The van der Waals surface area contributed by atoms with Gasteiger partial charge in [-0.15, -0.1) is 0 Å². The van der Waals surface area contributed by atoms with Crippen LogP contribution in [0.25, 0.3) is 0 Å². The zero-order valence-corrected chi connectivity index (χ0v) is 9.92. The van der Waals surface area contributed by atoms with Gasteiger partial charge in [-0.3, -0.25) is 4.79 Å².